The quantitative estimate of drug-likeness (QED) is 0.605. The molecule has 0 heterocycles. The van der Waals surface area contributed by atoms with E-state index in [0.717, 1.165) is 17.8 Å². The van der Waals surface area contributed by atoms with Crippen molar-refractivity contribution >= 4 is 0 Å². The van der Waals surface area contributed by atoms with E-state index in [9.17, 15) is 0 Å². The molecule has 2 aliphatic rings. The normalized spacial score (nSPS) is 37.8. The van der Waals surface area contributed by atoms with Crippen LogP contribution in [0.2, 0.25) is 0 Å². The second-order valence-electron chi connectivity index (χ2n) is 5.17. The van der Waals surface area contributed by atoms with Crippen LogP contribution in [0.3, 0.4) is 0 Å². The molecule has 0 aromatic carbocycles. The fraction of sp³-hybridized carbons (Fsp3) is 0.833. The zero-order chi connectivity index (χ0) is 9.47. The summed E-state index contributed by atoms with van der Waals surface area (Å²) >= 11 is 0. The van der Waals surface area contributed by atoms with Gasteiger partial charge in [0, 0.05) is 5.92 Å². The number of hydrogen-bond acceptors (Lipinski definition) is 1. The second kappa shape index (κ2) is 3.04. The predicted molar refractivity (Wildman–Crippen MR) is 54.3 cm³/mol. The summed E-state index contributed by atoms with van der Waals surface area (Å²) in [6, 6.07) is 0. The molecule has 0 radical (unpaired) electrons. The molecular weight excluding hydrogens is 160 g/mol. The van der Waals surface area contributed by atoms with E-state index in [0.29, 0.717) is 0 Å². The molecule has 0 aromatic heterocycles. The van der Waals surface area contributed by atoms with Crippen molar-refractivity contribution in [2.45, 2.75) is 45.1 Å². The van der Waals surface area contributed by atoms with Gasteiger partial charge in [-0.3, -0.25) is 0 Å². The molecule has 0 N–H and O–H groups in total. The van der Waals surface area contributed by atoms with Crippen LogP contribution in [-0.4, -0.2) is 5.60 Å². The zero-order valence-corrected chi connectivity index (χ0v) is 8.75. The van der Waals surface area contributed by atoms with E-state index < -0.39 is 0 Å². The van der Waals surface area contributed by atoms with Crippen LogP contribution >= 0.6 is 0 Å². The lowest BCUT2D eigenvalue weighted by Gasteiger charge is -2.36. The maximum atomic E-state index is 5.63. The van der Waals surface area contributed by atoms with Gasteiger partial charge in [-0.05, 0) is 44.9 Å². The number of hydrogen-bond donors (Lipinski definition) is 0. The molecule has 74 valence electrons. The Balaban J connectivity index is 2.04. The van der Waals surface area contributed by atoms with Gasteiger partial charge in [0.05, 0.1) is 6.26 Å². The van der Waals surface area contributed by atoms with E-state index in [-0.39, 0.29) is 5.60 Å². The summed E-state index contributed by atoms with van der Waals surface area (Å²) in [4.78, 5) is 0. The van der Waals surface area contributed by atoms with Crippen molar-refractivity contribution in [3.05, 3.63) is 12.8 Å². The van der Waals surface area contributed by atoms with Crippen LogP contribution in [0.5, 0.6) is 0 Å². The molecular formula is C12H20O. The first-order valence-electron chi connectivity index (χ1n) is 5.42. The summed E-state index contributed by atoms with van der Waals surface area (Å²) < 4.78 is 5.63. The standard InChI is InChI=1S/C12H20O/c1-4-13-12(2,3)11-8-9-5-6-10(11)7-9/h4,9-11H,1,5-8H2,2-3H3. The van der Waals surface area contributed by atoms with E-state index in [1.165, 1.54) is 25.7 Å². The van der Waals surface area contributed by atoms with Gasteiger partial charge in [-0.15, -0.1) is 0 Å². The Morgan fingerprint density at radius 3 is 2.54 bits per heavy atom. The molecule has 2 saturated carbocycles. The lowest BCUT2D eigenvalue weighted by atomic mass is 9.78. The maximum absolute atomic E-state index is 5.63. The van der Waals surface area contributed by atoms with Crippen molar-refractivity contribution in [1.82, 2.24) is 0 Å². The van der Waals surface area contributed by atoms with Gasteiger partial charge in [0.25, 0.3) is 0 Å². The number of ether oxygens (including phenoxy) is 1. The predicted octanol–water partition coefficient (Wildman–Crippen LogP) is 3.36. The third kappa shape index (κ3) is 1.49. The van der Waals surface area contributed by atoms with Gasteiger partial charge in [0.15, 0.2) is 0 Å². The van der Waals surface area contributed by atoms with Crippen molar-refractivity contribution in [3.8, 4) is 0 Å². The maximum Gasteiger partial charge on any atom is 0.106 e. The van der Waals surface area contributed by atoms with Crippen molar-refractivity contribution in [2.24, 2.45) is 17.8 Å². The Morgan fingerprint density at radius 2 is 2.08 bits per heavy atom. The molecule has 0 aromatic rings. The highest BCUT2D eigenvalue weighted by Crippen LogP contribution is 2.52. The monoisotopic (exact) mass is 180 g/mol. The zero-order valence-electron chi connectivity index (χ0n) is 8.75. The van der Waals surface area contributed by atoms with Crippen LogP contribution in [0.1, 0.15) is 39.5 Å². The molecule has 3 atom stereocenters. The van der Waals surface area contributed by atoms with Crippen molar-refractivity contribution in [3.63, 3.8) is 0 Å². The number of rotatable bonds is 3. The first kappa shape index (κ1) is 9.11. The van der Waals surface area contributed by atoms with Crippen LogP contribution in [0.25, 0.3) is 0 Å². The Morgan fingerprint density at radius 1 is 1.31 bits per heavy atom. The Labute approximate surface area is 81.2 Å². The molecule has 3 unspecified atom stereocenters. The Bertz CT molecular complexity index is 207. The van der Waals surface area contributed by atoms with E-state index in [4.69, 9.17) is 4.74 Å². The smallest absolute Gasteiger partial charge is 0.106 e. The first-order valence-corrected chi connectivity index (χ1v) is 5.42. The largest absolute Gasteiger partial charge is 0.496 e. The van der Waals surface area contributed by atoms with Gasteiger partial charge in [-0.25, -0.2) is 0 Å². The summed E-state index contributed by atoms with van der Waals surface area (Å²) in [6.45, 7) is 8.07. The van der Waals surface area contributed by atoms with Crippen molar-refractivity contribution in [1.29, 1.82) is 0 Å². The van der Waals surface area contributed by atoms with Gasteiger partial charge < -0.3 is 4.74 Å². The summed E-state index contributed by atoms with van der Waals surface area (Å²) in [5.41, 5.74) is 0.0155. The highest BCUT2D eigenvalue weighted by Gasteiger charge is 2.47. The van der Waals surface area contributed by atoms with Crippen LogP contribution in [0.4, 0.5) is 0 Å². The minimum Gasteiger partial charge on any atom is -0.496 e. The second-order valence-corrected chi connectivity index (χ2v) is 5.17. The fourth-order valence-corrected chi connectivity index (χ4v) is 3.40. The molecule has 1 heteroatoms. The SMILES string of the molecule is C=COC(C)(C)C1CC2CCC1C2. The molecule has 2 aliphatic carbocycles. The van der Waals surface area contributed by atoms with E-state index in [1.54, 1.807) is 6.26 Å². The van der Waals surface area contributed by atoms with Crippen molar-refractivity contribution < 1.29 is 4.74 Å². The summed E-state index contributed by atoms with van der Waals surface area (Å²) in [5, 5.41) is 0. The molecule has 13 heavy (non-hydrogen) atoms. The lowest BCUT2D eigenvalue weighted by molar-refractivity contribution is -0.0207. The molecule has 1 nitrogen and oxygen atoms in total. The van der Waals surface area contributed by atoms with Crippen LogP contribution in [0.15, 0.2) is 12.8 Å². The molecule has 0 amide bonds. The number of fused-ring (bicyclic) bond motifs is 2. The lowest BCUT2D eigenvalue weighted by Crippen LogP contribution is -2.36. The Hall–Kier alpha value is -0.460. The topological polar surface area (TPSA) is 9.23 Å². The Kier molecular flexibility index (Phi) is 2.13. The molecule has 2 rings (SSSR count). The fourth-order valence-electron chi connectivity index (χ4n) is 3.40. The van der Waals surface area contributed by atoms with E-state index in [1.807, 2.05) is 0 Å². The average Bonchev–Trinajstić information content (AvgIpc) is 2.63. The van der Waals surface area contributed by atoms with Crippen LogP contribution in [0, 0.1) is 17.8 Å². The minimum atomic E-state index is 0.0155. The van der Waals surface area contributed by atoms with E-state index >= 15 is 0 Å². The molecule has 0 saturated heterocycles. The molecule has 2 fully saturated rings. The molecule has 0 spiro atoms. The van der Waals surface area contributed by atoms with E-state index in [2.05, 4.69) is 20.4 Å². The molecule has 2 bridgehead atoms. The third-order valence-corrected chi connectivity index (χ3v) is 4.02. The van der Waals surface area contributed by atoms with Crippen LogP contribution in [-0.2, 0) is 4.74 Å². The van der Waals surface area contributed by atoms with Gasteiger partial charge in [-0.1, -0.05) is 13.0 Å². The minimum absolute atomic E-state index is 0.0155. The molecule has 0 aliphatic heterocycles. The van der Waals surface area contributed by atoms with Crippen LogP contribution < -0.4 is 0 Å². The van der Waals surface area contributed by atoms with Gasteiger partial charge in [-0.2, -0.15) is 0 Å². The average molecular weight is 180 g/mol. The van der Waals surface area contributed by atoms with Gasteiger partial charge in [0.1, 0.15) is 5.60 Å². The van der Waals surface area contributed by atoms with Gasteiger partial charge >= 0.3 is 0 Å². The summed E-state index contributed by atoms with van der Waals surface area (Å²) in [6.07, 6.45) is 7.33. The van der Waals surface area contributed by atoms with Gasteiger partial charge in [0.2, 0.25) is 0 Å². The highest BCUT2D eigenvalue weighted by molar-refractivity contribution is 4.97. The van der Waals surface area contributed by atoms with Crippen molar-refractivity contribution in [2.75, 3.05) is 0 Å². The summed E-state index contributed by atoms with van der Waals surface area (Å²) in [5.74, 6) is 2.70. The first-order chi connectivity index (χ1) is 6.13. The summed E-state index contributed by atoms with van der Waals surface area (Å²) in [7, 11) is 0. The third-order valence-electron chi connectivity index (χ3n) is 4.02. The highest BCUT2D eigenvalue weighted by atomic mass is 16.5.